The molecule has 1 saturated heterocycles. The van der Waals surface area contributed by atoms with Gasteiger partial charge in [-0.15, -0.1) is 0 Å². The van der Waals surface area contributed by atoms with Gasteiger partial charge >= 0.3 is 5.69 Å². The van der Waals surface area contributed by atoms with Crippen molar-refractivity contribution in [1.29, 1.82) is 0 Å². The third-order valence-electron chi connectivity index (χ3n) is 3.30. The second-order valence-corrected chi connectivity index (χ2v) is 4.57. The Labute approximate surface area is 124 Å². The van der Waals surface area contributed by atoms with Crippen LogP contribution < -0.4 is 11.2 Å². The smallest absolute Gasteiger partial charge is 0.331 e. The second-order valence-electron chi connectivity index (χ2n) is 4.57. The Morgan fingerprint density at radius 2 is 2.32 bits per heavy atom. The van der Waals surface area contributed by atoms with Crippen molar-refractivity contribution in [1.82, 2.24) is 9.55 Å². The van der Waals surface area contributed by atoms with Gasteiger partial charge in [-0.3, -0.25) is 14.3 Å². The number of aliphatic hydroxyl groups excluding tert-OH is 1. The number of oxime groups is 1. The largest absolute Gasteiger partial charge is 0.411 e. The first-order valence-electron chi connectivity index (χ1n) is 6.49. The van der Waals surface area contributed by atoms with Crippen LogP contribution in [-0.2, 0) is 19.9 Å². The topological polar surface area (TPSA) is 135 Å². The minimum absolute atomic E-state index is 0.0692. The van der Waals surface area contributed by atoms with Crippen molar-refractivity contribution in [2.45, 2.75) is 11.8 Å². The summed E-state index contributed by atoms with van der Waals surface area (Å²) in [5, 5.41) is 21.7. The third kappa shape index (κ3) is 2.81. The number of hydrogen-bond donors (Lipinski definition) is 3. The zero-order chi connectivity index (χ0) is 16.2. The molecular formula is C12H17N3O7. The molecule has 0 saturated carbocycles. The molecule has 0 amide bonds. The van der Waals surface area contributed by atoms with Gasteiger partial charge in [-0.05, 0) is 0 Å². The van der Waals surface area contributed by atoms with Crippen molar-refractivity contribution in [2.24, 2.45) is 5.16 Å². The van der Waals surface area contributed by atoms with Gasteiger partial charge in [0.2, 0.25) is 5.72 Å². The summed E-state index contributed by atoms with van der Waals surface area (Å²) in [6.07, 6.45) is 0.286. The lowest BCUT2D eigenvalue weighted by Gasteiger charge is -2.29. The Bertz CT molecular complexity index is 653. The molecular weight excluding hydrogens is 298 g/mol. The van der Waals surface area contributed by atoms with E-state index < -0.39 is 29.7 Å². The Kier molecular flexibility index (Phi) is 5.08. The van der Waals surface area contributed by atoms with Crippen molar-refractivity contribution in [3.8, 4) is 0 Å². The van der Waals surface area contributed by atoms with Crippen LogP contribution in [0.4, 0.5) is 0 Å². The zero-order valence-corrected chi connectivity index (χ0v) is 11.9. The van der Waals surface area contributed by atoms with Gasteiger partial charge in [-0.2, -0.15) is 0 Å². The first kappa shape index (κ1) is 16.4. The summed E-state index contributed by atoms with van der Waals surface area (Å²) < 4.78 is 16.9. The van der Waals surface area contributed by atoms with E-state index in [0.29, 0.717) is 0 Å². The highest BCUT2D eigenvalue weighted by molar-refractivity contribution is 5.95. The van der Waals surface area contributed by atoms with E-state index in [2.05, 4.69) is 10.1 Å². The molecule has 1 aromatic rings. The van der Waals surface area contributed by atoms with Crippen LogP contribution in [0.25, 0.3) is 0 Å². The molecule has 0 unspecified atom stereocenters. The van der Waals surface area contributed by atoms with Gasteiger partial charge in [0.1, 0.15) is 18.4 Å². The fraction of sp³-hybridized carbons (Fsp3) is 0.583. The van der Waals surface area contributed by atoms with Crippen LogP contribution in [0.1, 0.15) is 0 Å². The van der Waals surface area contributed by atoms with E-state index in [1.165, 1.54) is 13.3 Å². The van der Waals surface area contributed by atoms with Crippen molar-refractivity contribution < 1.29 is 24.5 Å². The highest BCUT2D eigenvalue weighted by atomic mass is 16.6. The maximum Gasteiger partial charge on any atom is 0.331 e. The quantitative estimate of drug-likeness (QED) is 0.316. The van der Waals surface area contributed by atoms with Crippen LogP contribution in [0.15, 0.2) is 27.0 Å². The van der Waals surface area contributed by atoms with Gasteiger partial charge in [0.05, 0.1) is 19.8 Å². The molecule has 0 aliphatic carbocycles. The molecule has 10 heteroatoms. The van der Waals surface area contributed by atoms with Crippen molar-refractivity contribution >= 4 is 5.71 Å². The lowest BCUT2D eigenvalue weighted by Crippen LogP contribution is -2.52. The molecule has 22 heavy (non-hydrogen) atoms. The number of aliphatic hydroxyl groups is 1. The van der Waals surface area contributed by atoms with Gasteiger partial charge in [0.15, 0.2) is 0 Å². The zero-order valence-electron chi connectivity index (χ0n) is 11.9. The maximum atomic E-state index is 12.1. The molecule has 122 valence electrons. The summed E-state index contributed by atoms with van der Waals surface area (Å²) in [5.74, 6) is 0. The first-order valence-corrected chi connectivity index (χ1v) is 6.49. The Balaban J connectivity index is 2.51. The number of H-pyrrole nitrogens is 1. The third-order valence-corrected chi connectivity index (χ3v) is 3.30. The highest BCUT2D eigenvalue weighted by Crippen LogP contribution is 2.29. The van der Waals surface area contributed by atoms with Gasteiger partial charge in [-0.25, -0.2) is 4.79 Å². The fourth-order valence-corrected chi connectivity index (χ4v) is 2.27. The summed E-state index contributed by atoms with van der Waals surface area (Å²) in [6.45, 7) is -0.328. The molecule has 0 aromatic carbocycles. The molecule has 0 bridgehead atoms. The lowest BCUT2D eigenvalue weighted by atomic mass is 10.1. The summed E-state index contributed by atoms with van der Waals surface area (Å²) in [5.41, 5.74) is -2.97. The van der Waals surface area contributed by atoms with Gasteiger partial charge < -0.3 is 24.5 Å². The molecule has 1 aliphatic heterocycles. The Morgan fingerprint density at radius 3 is 2.91 bits per heavy atom. The Hall–Kier alpha value is -2.01. The molecule has 2 rings (SSSR count). The predicted octanol–water partition coefficient (Wildman–Crippen LogP) is -1.93. The molecule has 1 aliphatic rings. The van der Waals surface area contributed by atoms with E-state index in [1.807, 2.05) is 0 Å². The average molecular weight is 315 g/mol. The predicted molar refractivity (Wildman–Crippen MR) is 73.2 cm³/mol. The molecule has 1 aromatic heterocycles. The van der Waals surface area contributed by atoms with Gasteiger partial charge in [0, 0.05) is 19.4 Å². The number of aromatic amines is 1. The number of rotatable bonds is 6. The minimum atomic E-state index is -1.57. The van der Waals surface area contributed by atoms with Crippen LogP contribution in [0.3, 0.4) is 0 Å². The van der Waals surface area contributed by atoms with Crippen LogP contribution >= 0.6 is 0 Å². The number of methoxy groups -OCH3 is 1. The number of nitrogens with one attached hydrogen (secondary N) is 1. The molecule has 0 spiro atoms. The summed E-state index contributed by atoms with van der Waals surface area (Å²) in [4.78, 5) is 25.4. The Morgan fingerprint density at radius 1 is 1.55 bits per heavy atom. The molecule has 2 heterocycles. The first-order chi connectivity index (χ1) is 10.6. The standard InChI is InChI=1S/C12H17N3O7/c1-20-4-5-22-12(7-21-8(6-16)10(12)14-19)15-3-2-9(17)13-11(15)18/h2-3,8,16,19H,4-7H2,1H3,(H,13,17,18)/b14-10-/t8-,12-/m1/s1. The van der Waals surface area contributed by atoms with Crippen LogP contribution in [0.2, 0.25) is 0 Å². The second kappa shape index (κ2) is 6.83. The fourth-order valence-electron chi connectivity index (χ4n) is 2.27. The number of ether oxygens (including phenoxy) is 3. The van der Waals surface area contributed by atoms with E-state index in [9.17, 15) is 19.9 Å². The normalized spacial score (nSPS) is 26.6. The molecule has 10 nitrogen and oxygen atoms in total. The van der Waals surface area contributed by atoms with E-state index >= 15 is 0 Å². The molecule has 3 N–H and O–H groups in total. The number of hydrogen-bond acceptors (Lipinski definition) is 8. The monoisotopic (exact) mass is 315 g/mol. The van der Waals surface area contributed by atoms with Gasteiger partial charge in [0.25, 0.3) is 5.56 Å². The number of aromatic nitrogens is 2. The van der Waals surface area contributed by atoms with Crippen molar-refractivity contribution in [3.05, 3.63) is 33.1 Å². The summed E-state index contributed by atoms with van der Waals surface area (Å²) in [7, 11) is 1.48. The highest BCUT2D eigenvalue weighted by Gasteiger charge is 2.51. The van der Waals surface area contributed by atoms with E-state index in [0.717, 1.165) is 10.6 Å². The van der Waals surface area contributed by atoms with Crippen molar-refractivity contribution in [2.75, 3.05) is 33.5 Å². The molecule has 1 fully saturated rings. The van der Waals surface area contributed by atoms with Crippen LogP contribution in [0.5, 0.6) is 0 Å². The van der Waals surface area contributed by atoms with Crippen molar-refractivity contribution in [3.63, 3.8) is 0 Å². The maximum absolute atomic E-state index is 12.1. The average Bonchev–Trinajstić information content (AvgIpc) is 2.86. The minimum Gasteiger partial charge on any atom is -0.411 e. The van der Waals surface area contributed by atoms with Gasteiger partial charge in [-0.1, -0.05) is 5.16 Å². The molecule has 2 atom stereocenters. The summed E-state index contributed by atoms with van der Waals surface area (Å²) >= 11 is 0. The SMILES string of the molecule is COCCO[C@]1(n2ccc(=O)[nH]c2=O)CO[C@H](CO)/C1=N/O. The van der Waals surface area contributed by atoms with Crippen LogP contribution in [-0.4, -0.2) is 65.2 Å². The van der Waals surface area contributed by atoms with Crippen LogP contribution in [0, 0.1) is 0 Å². The molecule has 0 radical (unpaired) electrons. The number of nitrogens with zero attached hydrogens (tertiary/aromatic N) is 2. The van der Waals surface area contributed by atoms with E-state index in [4.69, 9.17) is 14.2 Å². The summed E-state index contributed by atoms with van der Waals surface area (Å²) in [6, 6.07) is 1.13. The van der Waals surface area contributed by atoms with E-state index in [1.54, 1.807) is 0 Å². The van der Waals surface area contributed by atoms with E-state index in [-0.39, 0.29) is 25.5 Å². The lowest BCUT2D eigenvalue weighted by molar-refractivity contribution is -0.0938.